The van der Waals surface area contributed by atoms with Crippen LogP contribution in [0.1, 0.15) is 52.2 Å². The first kappa shape index (κ1) is 23.8. The number of hydrogen-bond acceptors (Lipinski definition) is 3. The van der Waals surface area contributed by atoms with Crippen molar-refractivity contribution in [2.45, 2.75) is 59.7 Å². The van der Waals surface area contributed by atoms with Gasteiger partial charge in [-0.1, -0.05) is 50.0 Å². The van der Waals surface area contributed by atoms with E-state index in [9.17, 15) is 4.39 Å². The normalized spacial score (nSPS) is 12.2. The van der Waals surface area contributed by atoms with E-state index in [4.69, 9.17) is 32.7 Å². The van der Waals surface area contributed by atoms with Crippen LogP contribution in [0.4, 0.5) is 4.39 Å². The van der Waals surface area contributed by atoms with Gasteiger partial charge in [-0.2, -0.15) is 0 Å². The zero-order valence-corrected chi connectivity index (χ0v) is 19.5. The van der Waals surface area contributed by atoms with E-state index in [1.54, 1.807) is 25.3 Å². The quantitative estimate of drug-likeness (QED) is 0.476. The smallest absolute Gasteiger partial charge is 0.163 e. The van der Waals surface area contributed by atoms with Crippen LogP contribution in [0.2, 0.25) is 10.0 Å². The molecule has 2 aromatic carbocycles. The van der Waals surface area contributed by atoms with E-state index in [0.717, 1.165) is 12.0 Å². The average Bonchev–Trinajstić information content (AvgIpc) is 2.58. The summed E-state index contributed by atoms with van der Waals surface area (Å²) in [5.74, 6) is 0.561. The summed E-state index contributed by atoms with van der Waals surface area (Å²) in [5, 5.41) is 4.44. The lowest BCUT2D eigenvalue weighted by molar-refractivity contribution is 0.240. The Morgan fingerprint density at radius 2 is 1.69 bits per heavy atom. The van der Waals surface area contributed by atoms with Crippen molar-refractivity contribution in [3.8, 4) is 11.5 Å². The van der Waals surface area contributed by atoms with E-state index in [1.165, 1.54) is 6.07 Å². The van der Waals surface area contributed by atoms with E-state index in [1.807, 2.05) is 6.07 Å². The van der Waals surface area contributed by atoms with Crippen molar-refractivity contribution in [2.24, 2.45) is 5.41 Å². The third kappa shape index (κ3) is 7.06. The maximum absolute atomic E-state index is 14.0. The summed E-state index contributed by atoms with van der Waals surface area (Å²) in [4.78, 5) is 0. The molecule has 0 radical (unpaired) electrons. The molecule has 0 amide bonds. The Labute approximate surface area is 183 Å². The molecule has 0 bridgehead atoms. The van der Waals surface area contributed by atoms with Gasteiger partial charge in [0.25, 0.3) is 0 Å². The number of benzene rings is 2. The number of methoxy groups -OCH3 is 1. The second kappa shape index (κ2) is 9.55. The summed E-state index contributed by atoms with van der Waals surface area (Å²) >= 11 is 12.6. The summed E-state index contributed by atoms with van der Waals surface area (Å²) in [6.45, 7) is 11.6. The van der Waals surface area contributed by atoms with Crippen molar-refractivity contribution in [3.05, 3.63) is 57.3 Å². The topological polar surface area (TPSA) is 30.5 Å². The highest BCUT2D eigenvalue weighted by Crippen LogP contribution is 2.35. The van der Waals surface area contributed by atoms with Gasteiger partial charge in [0.2, 0.25) is 0 Å². The first-order chi connectivity index (χ1) is 13.4. The fourth-order valence-electron chi connectivity index (χ4n) is 3.53. The van der Waals surface area contributed by atoms with Gasteiger partial charge in [-0.15, -0.1) is 0 Å². The van der Waals surface area contributed by atoms with Gasteiger partial charge in [-0.3, -0.25) is 0 Å². The second-order valence-corrected chi connectivity index (χ2v) is 9.87. The monoisotopic (exact) mass is 441 g/mol. The molecule has 2 rings (SSSR count). The van der Waals surface area contributed by atoms with E-state index >= 15 is 0 Å². The van der Waals surface area contributed by atoms with Crippen molar-refractivity contribution in [2.75, 3.05) is 7.11 Å². The molecule has 0 spiro atoms. The molecular formula is C23H30Cl2FNO2. The third-order valence-corrected chi connectivity index (χ3v) is 5.20. The Hall–Kier alpha value is -1.49. The molecule has 3 nitrogen and oxygen atoms in total. The fraction of sp³-hybridized carbons (Fsp3) is 0.478. The van der Waals surface area contributed by atoms with Gasteiger partial charge in [-0.25, -0.2) is 4.39 Å². The largest absolute Gasteiger partial charge is 0.493 e. The second-order valence-electron chi connectivity index (χ2n) is 9.06. The first-order valence-corrected chi connectivity index (χ1v) is 10.3. The van der Waals surface area contributed by atoms with Crippen molar-refractivity contribution < 1.29 is 13.9 Å². The lowest BCUT2D eigenvalue weighted by Crippen LogP contribution is -2.41. The van der Waals surface area contributed by atoms with E-state index < -0.39 is 5.82 Å². The highest BCUT2D eigenvalue weighted by molar-refractivity contribution is 6.31. The van der Waals surface area contributed by atoms with Gasteiger partial charge in [0.1, 0.15) is 12.4 Å². The van der Waals surface area contributed by atoms with Gasteiger partial charge in [0, 0.05) is 28.7 Å². The molecule has 0 aromatic heterocycles. The summed E-state index contributed by atoms with van der Waals surface area (Å²) in [7, 11) is 1.56. The van der Waals surface area contributed by atoms with Crippen LogP contribution in [0, 0.1) is 11.2 Å². The predicted molar refractivity (Wildman–Crippen MR) is 119 cm³/mol. The molecule has 0 saturated heterocycles. The van der Waals surface area contributed by atoms with Gasteiger partial charge < -0.3 is 14.8 Å². The van der Waals surface area contributed by atoms with E-state index in [2.05, 4.69) is 39.9 Å². The molecule has 0 aliphatic carbocycles. The zero-order chi connectivity index (χ0) is 21.8. The highest BCUT2D eigenvalue weighted by atomic mass is 35.5. The molecule has 0 aliphatic heterocycles. The van der Waals surface area contributed by atoms with Gasteiger partial charge >= 0.3 is 0 Å². The van der Waals surface area contributed by atoms with Crippen LogP contribution >= 0.6 is 23.2 Å². The maximum Gasteiger partial charge on any atom is 0.163 e. The van der Waals surface area contributed by atoms with Crippen molar-refractivity contribution >= 4 is 23.2 Å². The van der Waals surface area contributed by atoms with Crippen LogP contribution in [-0.2, 0) is 13.2 Å². The molecule has 0 aliphatic rings. The molecule has 0 heterocycles. The van der Waals surface area contributed by atoms with Crippen LogP contribution < -0.4 is 14.8 Å². The molecule has 6 heteroatoms. The molecule has 160 valence electrons. The molecule has 0 fully saturated rings. The number of rotatable bonds is 8. The minimum absolute atomic E-state index is 0.0194. The summed E-state index contributed by atoms with van der Waals surface area (Å²) in [6.07, 6.45) is 1.01. The van der Waals surface area contributed by atoms with Crippen LogP contribution in [0.5, 0.6) is 11.5 Å². The minimum Gasteiger partial charge on any atom is -0.493 e. The standard InChI is InChI=1S/C23H30Cl2FNO2/c1-22(2,3)14-23(4,5)27-12-15-10-20(28-6)21(11-18(15)25)29-13-16-17(24)8-7-9-19(16)26/h7-11,27H,12-14H2,1-6H3. The molecular weight excluding hydrogens is 412 g/mol. The average molecular weight is 442 g/mol. The molecule has 2 aromatic rings. The maximum atomic E-state index is 14.0. The number of nitrogens with one attached hydrogen (secondary N) is 1. The molecule has 0 unspecified atom stereocenters. The van der Waals surface area contributed by atoms with Crippen molar-refractivity contribution in [1.82, 2.24) is 5.32 Å². The Morgan fingerprint density at radius 3 is 2.28 bits per heavy atom. The van der Waals surface area contributed by atoms with Crippen LogP contribution in [0.15, 0.2) is 30.3 Å². The molecule has 1 N–H and O–H groups in total. The van der Waals surface area contributed by atoms with Crippen LogP contribution in [0.3, 0.4) is 0 Å². The van der Waals surface area contributed by atoms with Gasteiger partial charge in [0.15, 0.2) is 11.5 Å². The van der Waals surface area contributed by atoms with Crippen LogP contribution in [0.25, 0.3) is 0 Å². The van der Waals surface area contributed by atoms with Crippen LogP contribution in [-0.4, -0.2) is 12.6 Å². The Morgan fingerprint density at radius 1 is 1.00 bits per heavy atom. The summed E-state index contributed by atoms with van der Waals surface area (Å²) in [5.41, 5.74) is 1.36. The summed E-state index contributed by atoms with van der Waals surface area (Å²) in [6, 6.07) is 8.08. The Bertz CT molecular complexity index is 827. The Balaban J connectivity index is 2.14. The lowest BCUT2D eigenvalue weighted by Gasteiger charge is -2.33. The number of halogens is 3. The zero-order valence-electron chi connectivity index (χ0n) is 18.0. The van der Waals surface area contributed by atoms with Crippen molar-refractivity contribution in [3.63, 3.8) is 0 Å². The predicted octanol–water partition coefficient (Wildman–Crippen LogP) is 7.02. The fourth-order valence-corrected chi connectivity index (χ4v) is 3.97. The first-order valence-electron chi connectivity index (χ1n) is 9.59. The number of hydrogen-bond donors (Lipinski definition) is 1. The number of ether oxygens (including phenoxy) is 2. The van der Waals surface area contributed by atoms with E-state index in [0.29, 0.717) is 33.7 Å². The highest BCUT2D eigenvalue weighted by Gasteiger charge is 2.25. The minimum atomic E-state index is -0.413. The molecule has 29 heavy (non-hydrogen) atoms. The third-order valence-electron chi connectivity index (χ3n) is 4.50. The van der Waals surface area contributed by atoms with Crippen molar-refractivity contribution in [1.29, 1.82) is 0 Å². The van der Waals surface area contributed by atoms with Gasteiger partial charge in [-0.05, 0) is 49.4 Å². The SMILES string of the molecule is COc1cc(CNC(C)(C)CC(C)(C)C)c(Cl)cc1OCc1c(F)cccc1Cl. The lowest BCUT2D eigenvalue weighted by atomic mass is 9.82. The molecule has 0 saturated carbocycles. The summed E-state index contributed by atoms with van der Waals surface area (Å²) < 4.78 is 25.2. The van der Waals surface area contributed by atoms with E-state index in [-0.39, 0.29) is 17.6 Å². The van der Waals surface area contributed by atoms with Gasteiger partial charge in [0.05, 0.1) is 12.1 Å². The molecule has 0 atom stereocenters. The Kier molecular flexibility index (Phi) is 7.83.